The first kappa shape index (κ1) is 14.9. The van der Waals surface area contributed by atoms with Crippen molar-refractivity contribution < 1.29 is 4.74 Å². The molecule has 0 radical (unpaired) electrons. The van der Waals surface area contributed by atoms with E-state index in [4.69, 9.17) is 4.74 Å². The summed E-state index contributed by atoms with van der Waals surface area (Å²) in [5, 5.41) is 3.56. The Morgan fingerprint density at radius 2 is 1.87 bits per heavy atom. The number of hydrogen-bond donors (Lipinski definition) is 1. The van der Waals surface area contributed by atoms with E-state index in [2.05, 4.69) is 19.2 Å². The molecule has 1 unspecified atom stereocenters. The summed E-state index contributed by atoms with van der Waals surface area (Å²) in [7, 11) is 1.77. The standard InChI is InChI=1S/C13H29NO/c1-4-5-6-7-10-13(2)14-11-8-9-12-15-3/h13-14H,4-12H2,1-3H3. The first-order chi connectivity index (χ1) is 7.31. The van der Waals surface area contributed by atoms with Crippen LogP contribution in [-0.4, -0.2) is 26.3 Å². The minimum atomic E-state index is 0.685. The molecule has 0 aromatic carbocycles. The summed E-state index contributed by atoms with van der Waals surface area (Å²) < 4.78 is 5.01. The zero-order chi connectivity index (χ0) is 11.4. The van der Waals surface area contributed by atoms with Gasteiger partial charge in [0, 0.05) is 19.8 Å². The van der Waals surface area contributed by atoms with Crippen molar-refractivity contribution in [3.8, 4) is 0 Å². The molecule has 0 aliphatic carbocycles. The molecule has 2 heteroatoms. The van der Waals surface area contributed by atoms with Gasteiger partial charge in [-0.15, -0.1) is 0 Å². The second kappa shape index (κ2) is 12.0. The molecule has 15 heavy (non-hydrogen) atoms. The molecule has 0 heterocycles. The Kier molecular flexibility index (Phi) is 11.9. The summed E-state index contributed by atoms with van der Waals surface area (Å²) in [6.45, 7) is 6.59. The van der Waals surface area contributed by atoms with Gasteiger partial charge in [0.15, 0.2) is 0 Å². The molecular formula is C13H29NO. The Bertz CT molecular complexity index is 117. The monoisotopic (exact) mass is 215 g/mol. The highest BCUT2D eigenvalue weighted by Crippen LogP contribution is 2.05. The molecule has 0 aliphatic rings. The van der Waals surface area contributed by atoms with Crippen molar-refractivity contribution in [3.05, 3.63) is 0 Å². The molecule has 0 bridgehead atoms. The van der Waals surface area contributed by atoms with Crippen molar-refractivity contribution >= 4 is 0 Å². The average molecular weight is 215 g/mol. The molecule has 0 aliphatic heterocycles. The van der Waals surface area contributed by atoms with Gasteiger partial charge in [0.25, 0.3) is 0 Å². The lowest BCUT2D eigenvalue weighted by atomic mass is 10.1. The number of hydrogen-bond acceptors (Lipinski definition) is 2. The Morgan fingerprint density at radius 1 is 1.07 bits per heavy atom. The number of unbranched alkanes of at least 4 members (excludes halogenated alkanes) is 4. The number of rotatable bonds is 11. The van der Waals surface area contributed by atoms with E-state index in [0.717, 1.165) is 13.2 Å². The average Bonchev–Trinajstić information content (AvgIpc) is 2.24. The lowest BCUT2D eigenvalue weighted by Crippen LogP contribution is -2.27. The Morgan fingerprint density at radius 3 is 2.53 bits per heavy atom. The van der Waals surface area contributed by atoms with Crippen molar-refractivity contribution in [1.29, 1.82) is 0 Å². The van der Waals surface area contributed by atoms with Crippen LogP contribution < -0.4 is 5.32 Å². The third-order valence-corrected chi connectivity index (χ3v) is 2.76. The van der Waals surface area contributed by atoms with Crippen molar-refractivity contribution in [3.63, 3.8) is 0 Å². The summed E-state index contributed by atoms with van der Waals surface area (Å²) in [6, 6.07) is 0.685. The van der Waals surface area contributed by atoms with Crippen LogP contribution in [0.3, 0.4) is 0 Å². The zero-order valence-electron chi connectivity index (χ0n) is 10.8. The highest BCUT2D eigenvalue weighted by atomic mass is 16.5. The molecule has 0 amide bonds. The smallest absolute Gasteiger partial charge is 0.0462 e. The Labute approximate surface area is 95.8 Å². The van der Waals surface area contributed by atoms with Crippen molar-refractivity contribution in [1.82, 2.24) is 5.32 Å². The van der Waals surface area contributed by atoms with E-state index in [1.165, 1.54) is 44.9 Å². The number of methoxy groups -OCH3 is 1. The SMILES string of the molecule is CCCCCCC(C)NCCCCOC. The quantitative estimate of drug-likeness (QED) is 0.534. The van der Waals surface area contributed by atoms with E-state index in [-0.39, 0.29) is 0 Å². The lowest BCUT2D eigenvalue weighted by Gasteiger charge is -2.13. The molecule has 0 saturated heterocycles. The molecule has 1 atom stereocenters. The van der Waals surface area contributed by atoms with Gasteiger partial charge >= 0.3 is 0 Å². The summed E-state index contributed by atoms with van der Waals surface area (Å²) in [6.07, 6.45) is 9.22. The topological polar surface area (TPSA) is 21.3 Å². The Hall–Kier alpha value is -0.0800. The van der Waals surface area contributed by atoms with Gasteiger partial charge in [-0.2, -0.15) is 0 Å². The van der Waals surface area contributed by atoms with Crippen molar-refractivity contribution in [2.75, 3.05) is 20.3 Å². The van der Waals surface area contributed by atoms with E-state index >= 15 is 0 Å². The molecule has 0 saturated carbocycles. The summed E-state index contributed by atoms with van der Waals surface area (Å²) in [4.78, 5) is 0. The summed E-state index contributed by atoms with van der Waals surface area (Å²) in [5.74, 6) is 0. The van der Waals surface area contributed by atoms with Gasteiger partial charge in [-0.05, 0) is 32.7 Å². The van der Waals surface area contributed by atoms with Gasteiger partial charge in [-0.25, -0.2) is 0 Å². The summed E-state index contributed by atoms with van der Waals surface area (Å²) >= 11 is 0. The second-order valence-electron chi connectivity index (χ2n) is 4.40. The fourth-order valence-electron chi connectivity index (χ4n) is 1.70. The van der Waals surface area contributed by atoms with E-state index in [0.29, 0.717) is 6.04 Å². The van der Waals surface area contributed by atoms with Crippen LogP contribution in [0, 0.1) is 0 Å². The third-order valence-electron chi connectivity index (χ3n) is 2.76. The molecule has 92 valence electrons. The van der Waals surface area contributed by atoms with Crippen LogP contribution in [0.25, 0.3) is 0 Å². The van der Waals surface area contributed by atoms with Crippen LogP contribution in [0.15, 0.2) is 0 Å². The molecule has 0 spiro atoms. The maximum Gasteiger partial charge on any atom is 0.0462 e. The normalized spacial score (nSPS) is 13.0. The molecular weight excluding hydrogens is 186 g/mol. The largest absolute Gasteiger partial charge is 0.385 e. The Balaban J connectivity index is 3.08. The van der Waals surface area contributed by atoms with Gasteiger partial charge in [-0.3, -0.25) is 0 Å². The van der Waals surface area contributed by atoms with Crippen molar-refractivity contribution in [2.45, 2.75) is 64.8 Å². The fraction of sp³-hybridized carbons (Fsp3) is 1.00. The van der Waals surface area contributed by atoms with Crippen LogP contribution >= 0.6 is 0 Å². The minimum Gasteiger partial charge on any atom is -0.385 e. The van der Waals surface area contributed by atoms with Crippen LogP contribution in [0.2, 0.25) is 0 Å². The minimum absolute atomic E-state index is 0.685. The van der Waals surface area contributed by atoms with E-state index in [9.17, 15) is 0 Å². The molecule has 1 N–H and O–H groups in total. The van der Waals surface area contributed by atoms with E-state index in [1.54, 1.807) is 7.11 Å². The van der Waals surface area contributed by atoms with Crippen LogP contribution in [-0.2, 0) is 4.74 Å². The van der Waals surface area contributed by atoms with E-state index in [1.807, 2.05) is 0 Å². The van der Waals surface area contributed by atoms with Gasteiger partial charge in [-0.1, -0.05) is 32.6 Å². The maximum absolute atomic E-state index is 5.01. The first-order valence-electron chi connectivity index (χ1n) is 6.53. The van der Waals surface area contributed by atoms with Gasteiger partial charge in [0.1, 0.15) is 0 Å². The predicted octanol–water partition coefficient (Wildman–Crippen LogP) is 3.36. The van der Waals surface area contributed by atoms with Gasteiger partial charge in [0.05, 0.1) is 0 Å². The third kappa shape index (κ3) is 11.8. The molecule has 2 nitrogen and oxygen atoms in total. The van der Waals surface area contributed by atoms with E-state index < -0.39 is 0 Å². The molecule has 0 rings (SSSR count). The zero-order valence-corrected chi connectivity index (χ0v) is 10.8. The van der Waals surface area contributed by atoms with Crippen LogP contribution in [0.4, 0.5) is 0 Å². The second-order valence-corrected chi connectivity index (χ2v) is 4.40. The first-order valence-corrected chi connectivity index (χ1v) is 6.53. The van der Waals surface area contributed by atoms with Gasteiger partial charge < -0.3 is 10.1 Å². The highest BCUT2D eigenvalue weighted by molar-refractivity contribution is 4.60. The maximum atomic E-state index is 5.01. The number of nitrogens with one attached hydrogen (secondary N) is 1. The number of ether oxygens (including phenoxy) is 1. The predicted molar refractivity (Wildman–Crippen MR) is 67.3 cm³/mol. The molecule has 0 aromatic heterocycles. The van der Waals surface area contributed by atoms with Crippen LogP contribution in [0.5, 0.6) is 0 Å². The van der Waals surface area contributed by atoms with Gasteiger partial charge in [0.2, 0.25) is 0 Å². The summed E-state index contributed by atoms with van der Waals surface area (Å²) in [5.41, 5.74) is 0. The molecule has 0 fully saturated rings. The fourth-order valence-corrected chi connectivity index (χ4v) is 1.70. The molecule has 0 aromatic rings. The highest BCUT2D eigenvalue weighted by Gasteiger charge is 1.99. The lowest BCUT2D eigenvalue weighted by molar-refractivity contribution is 0.192. The van der Waals surface area contributed by atoms with Crippen molar-refractivity contribution in [2.24, 2.45) is 0 Å². The van der Waals surface area contributed by atoms with Crippen LogP contribution in [0.1, 0.15) is 58.8 Å².